The number of hydrogen-bond acceptors (Lipinski definition) is 7. The molecule has 3 aromatic rings. The van der Waals surface area contributed by atoms with Crippen molar-refractivity contribution in [2.75, 3.05) is 38.9 Å². The highest BCUT2D eigenvalue weighted by molar-refractivity contribution is 5.91. The minimum Gasteiger partial charge on any atom is -0.493 e. The van der Waals surface area contributed by atoms with Crippen molar-refractivity contribution in [2.24, 2.45) is 5.92 Å². The number of fused-ring (bicyclic) bond motifs is 1. The molecule has 34 heavy (non-hydrogen) atoms. The van der Waals surface area contributed by atoms with E-state index in [1.165, 1.54) is 19.2 Å². The van der Waals surface area contributed by atoms with E-state index in [0.717, 1.165) is 12.5 Å². The fourth-order valence-corrected chi connectivity index (χ4v) is 3.85. The average Bonchev–Trinajstić information content (AvgIpc) is 3.35. The molecule has 0 aliphatic carbocycles. The first-order valence-corrected chi connectivity index (χ1v) is 10.9. The van der Waals surface area contributed by atoms with Gasteiger partial charge in [-0.05, 0) is 25.5 Å². The Hall–Kier alpha value is -3.11. The number of aliphatic hydroxyl groups excluding tert-OH is 1. The van der Waals surface area contributed by atoms with Gasteiger partial charge in [-0.1, -0.05) is 12.1 Å². The molecular formula is C24H26F3N3O4. The molecule has 2 heterocycles. The standard InChI is InChI=1S/C24H26F3N3O4/c1-14-29-19-9-20(32-2)21(34-12-15-6-7-33-11-15)8-17(19)23(30-14)28-10-16-4-3-5-18(22(16)25)24(26,27)13-31/h3-5,8-9,15,31H,6-7,10-13H2,1-2H3,(H,28,29,30)/t15-/m0/s1. The number of rotatable bonds is 9. The van der Waals surface area contributed by atoms with Crippen molar-refractivity contribution < 1.29 is 32.5 Å². The molecule has 2 N–H and O–H groups in total. The van der Waals surface area contributed by atoms with Crippen LogP contribution in [0, 0.1) is 18.7 Å². The van der Waals surface area contributed by atoms with Gasteiger partial charge in [-0.25, -0.2) is 14.4 Å². The Labute approximate surface area is 194 Å². The number of ether oxygens (including phenoxy) is 3. The Balaban J connectivity index is 1.63. The van der Waals surface area contributed by atoms with Gasteiger partial charge in [-0.15, -0.1) is 0 Å². The summed E-state index contributed by atoms with van der Waals surface area (Å²) in [6.07, 6.45) is 0.922. The summed E-state index contributed by atoms with van der Waals surface area (Å²) in [4.78, 5) is 8.86. The van der Waals surface area contributed by atoms with Gasteiger partial charge in [0.05, 0.1) is 31.4 Å². The van der Waals surface area contributed by atoms with E-state index >= 15 is 0 Å². The number of anilines is 1. The number of hydrogen-bond donors (Lipinski definition) is 2. The highest BCUT2D eigenvalue weighted by atomic mass is 19.3. The number of aromatic nitrogens is 2. The fraction of sp³-hybridized carbons (Fsp3) is 0.417. The lowest BCUT2D eigenvalue weighted by Gasteiger charge is -2.17. The molecule has 1 fully saturated rings. The van der Waals surface area contributed by atoms with E-state index in [-0.39, 0.29) is 12.1 Å². The zero-order valence-corrected chi connectivity index (χ0v) is 18.9. The molecule has 0 amide bonds. The van der Waals surface area contributed by atoms with Crippen molar-refractivity contribution in [3.8, 4) is 11.5 Å². The van der Waals surface area contributed by atoms with Crippen LogP contribution in [0.25, 0.3) is 10.9 Å². The van der Waals surface area contributed by atoms with Crippen LogP contribution in [0.4, 0.5) is 19.0 Å². The quantitative estimate of drug-likeness (QED) is 0.478. The van der Waals surface area contributed by atoms with E-state index in [0.29, 0.717) is 59.8 Å². The van der Waals surface area contributed by atoms with Gasteiger partial charge in [0.15, 0.2) is 11.5 Å². The molecule has 4 rings (SSSR count). The summed E-state index contributed by atoms with van der Waals surface area (Å²) in [5, 5.41) is 12.6. The smallest absolute Gasteiger partial charge is 0.298 e. The van der Waals surface area contributed by atoms with E-state index in [1.807, 2.05) is 0 Å². The molecule has 1 aromatic heterocycles. The van der Waals surface area contributed by atoms with Crippen LogP contribution in [0.2, 0.25) is 0 Å². The molecule has 1 aliphatic rings. The molecule has 0 radical (unpaired) electrons. The molecule has 1 aliphatic heterocycles. The topological polar surface area (TPSA) is 85.7 Å². The van der Waals surface area contributed by atoms with Gasteiger partial charge in [0, 0.05) is 36.1 Å². The van der Waals surface area contributed by atoms with Crippen molar-refractivity contribution in [2.45, 2.75) is 25.8 Å². The predicted octanol–water partition coefficient (Wildman–Crippen LogP) is 4.20. The van der Waals surface area contributed by atoms with Gasteiger partial charge < -0.3 is 24.6 Å². The molecule has 0 saturated carbocycles. The Kier molecular flexibility index (Phi) is 7.08. The van der Waals surface area contributed by atoms with Gasteiger partial charge in [0.2, 0.25) is 0 Å². The second-order valence-corrected chi connectivity index (χ2v) is 8.18. The summed E-state index contributed by atoms with van der Waals surface area (Å²) in [7, 11) is 1.54. The van der Waals surface area contributed by atoms with Gasteiger partial charge in [0.25, 0.3) is 5.92 Å². The van der Waals surface area contributed by atoms with Crippen LogP contribution < -0.4 is 14.8 Å². The minimum atomic E-state index is -3.68. The maximum absolute atomic E-state index is 14.8. The largest absolute Gasteiger partial charge is 0.493 e. The van der Waals surface area contributed by atoms with Gasteiger partial charge in [-0.2, -0.15) is 8.78 Å². The van der Waals surface area contributed by atoms with Crippen LogP contribution in [-0.4, -0.2) is 48.6 Å². The molecule has 1 atom stereocenters. The summed E-state index contributed by atoms with van der Waals surface area (Å²) >= 11 is 0. The summed E-state index contributed by atoms with van der Waals surface area (Å²) in [6, 6.07) is 7.17. The van der Waals surface area contributed by atoms with E-state index in [4.69, 9.17) is 19.3 Å². The summed E-state index contributed by atoms with van der Waals surface area (Å²) in [5.74, 6) is -2.57. The maximum Gasteiger partial charge on any atom is 0.298 e. The highest BCUT2D eigenvalue weighted by Gasteiger charge is 2.34. The van der Waals surface area contributed by atoms with Crippen LogP contribution in [0.15, 0.2) is 30.3 Å². The maximum atomic E-state index is 14.8. The third-order valence-electron chi connectivity index (χ3n) is 5.71. The number of alkyl halides is 2. The van der Waals surface area contributed by atoms with E-state index in [9.17, 15) is 13.2 Å². The lowest BCUT2D eigenvalue weighted by Crippen LogP contribution is -2.21. The molecule has 2 aromatic carbocycles. The van der Waals surface area contributed by atoms with Crippen LogP contribution >= 0.6 is 0 Å². The monoisotopic (exact) mass is 477 g/mol. The van der Waals surface area contributed by atoms with Gasteiger partial charge in [0.1, 0.15) is 24.1 Å². The number of nitrogens with zero attached hydrogens (tertiary/aromatic N) is 2. The Morgan fingerprint density at radius 3 is 2.76 bits per heavy atom. The van der Waals surface area contributed by atoms with Crippen LogP contribution in [0.5, 0.6) is 11.5 Å². The number of aliphatic hydroxyl groups is 1. The number of benzene rings is 2. The number of methoxy groups -OCH3 is 1. The molecule has 7 nitrogen and oxygen atoms in total. The average molecular weight is 477 g/mol. The lowest BCUT2D eigenvalue weighted by molar-refractivity contribution is -0.0583. The summed E-state index contributed by atoms with van der Waals surface area (Å²) in [5.41, 5.74) is -0.250. The van der Waals surface area contributed by atoms with Crippen molar-refractivity contribution in [3.63, 3.8) is 0 Å². The third kappa shape index (κ3) is 5.02. The van der Waals surface area contributed by atoms with Crippen LogP contribution in [0.1, 0.15) is 23.4 Å². The third-order valence-corrected chi connectivity index (χ3v) is 5.71. The number of aryl methyl sites for hydroxylation is 1. The second kappa shape index (κ2) is 10.0. The summed E-state index contributed by atoms with van der Waals surface area (Å²) in [6.45, 7) is 1.96. The zero-order valence-electron chi connectivity index (χ0n) is 18.9. The van der Waals surface area contributed by atoms with E-state index in [1.54, 1.807) is 19.1 Å². The molecule has 182 valence electrons. The van der Waals surface area contributed by atoms with Gasteiger partial charge in [-0.3, -0.25) is 0 Å². The SMILES string of the molecule is COc1cc2nc(C)nc(NCc3cccc(C(F)(F)CO)c3F)c2cc1OC[C@H]1CCOC1. The first-order chi connectivity index (χ1) is 16.3. The van der Waals surface area contributed by atoms with Crippen LogP contribution in [-0.2, 0) is 17.2 Å². The van der Waals surface area contributed by atoms with Crippen molar-refractivity contribution in [1.82, 2.24) is 9.97 Å². The molecule has 0 unspecified atom stereocenters. The first-order valence-electron chi connectivity index (χ1n) is 10.9. The Bertz CT molecular complexity index is 1170. The van der Waals surface area contributed by atoms with Crippen molar-refractivity contribution >= 4 is 16.7 Å². The first kappa shape index (κ1) is 24.0. The molecular weight excluding hydrogens is 451 g/mol. The zero-order chi connectivity index (χ0) is 24.3. The van der Waals surface area contributed by atoms with Crippen LogP contribution in [0.3, 0.4) is 0 Å². The minimum absolute atomic E-state index is 0.0151. The highest BCUT2D eigenvalue weighted by Crippen LogP contribution is 2.35. The Morgan fingerprint density at radius 1 is 1.24 bits per heavy atom. The second-order valence-electron chi connectivity index (χ2n) is 8.18. The van der Waals surface area contributed by atoms with E-state index in [2.05, 4.69) is 15.3 Å². The Morgan fingerprint density at radius 2 is 2.06 bits per heavy atom. The van der Waals surface area contributed by atoms with Crippen molar-refractivity contribution in [1.29, 1.82) is 0 Å². The molecule has 10 heteroatoms. The summed E-state index contributed by atoms with van der Waals surface area (Å²) < 4.78 is 59.4. The normalized spacial score (nSPS) is 16.1. The van der Waals surface area contributed by atoms with Crippen molar-refractivity contribution in [3.05, 3.63) is 53.1 Å². The molecule has 0 spiro atoms. The van der Waals surface area contributed by atoms with E-state index < -0.39 is 23.9 Å². The van der Waals surface area contributed by atoms with Gasteiger partial charge >= 0.3 is 0 Å². The predicted molar refractivity (Wildman–Crippen MR) is 120 cm³/mol. The lowest BCUT2D eigenvalue weighted by atomic mass is 10.0. The number of halogens is 3. The number of nitrogens with one attached hydrogen (secondary N) is 1. The molecule has 0 bridgehead atoms. The fourth-order valence-electron chi connectivity index (χ4n) is 3.85. The molecule has 1 saturated heterocycles.